The van der Waals surface area contributed by atoms with Gasteiger partial charge in [-0.25, -0.2) is 4.79 Å². The number of aromatic nitrogens is 3. The Kier molecular flexibility index (Phi) is 9.48. The predicted molar refractivity (Wildman–Crippen MR) is 147 cm³/mol. The lowest BCUT2D eigenvalue weighted by molar-refractivity contribution is -0.136. The van der Waals surface area contributed by atoms with Crippen LogP contribution in [0.15, 0.2) is 48.0 Å². The molecule has 1 aliphatic rings. The fourth-order valence-electron chi connectivity index (χ4n) is 4.43. The van der Waals surface area contributed by atoms with Crippen molar-refractivity contribution in [2.45, 2.75) is 52.0 Å². The normalized spacial score (nSPS) is 19.7. The molecule has 0 aliphatic carbocycles. The summed E-state index contributed by atoms with van der Waals surface area (Å²) in [5.41, 5.74) is 2.51. The number of nitrogens with zero attached hydrogens (tertiary/aromatic N) is 5. The molecule has 2 bridgehead atoms. The molecule has 2 aromatic heterocycles. The van der Waals surface area contributed by atoms with Crippen LogP contribution in [-0.4, -0.2) is 80.7 Å². The Labute approximate surface area is 227 Å². The third kappa shape index (κ3) is 7.18. The number of hydrogen-bond donors (Lipinski definition) is 2. The highest BCUT2D eigenvalue weighted by atomic mass is 32.1. The number of aryl methyl sites for hydroxylation is 1. The van der Waals surface area contributed by atoms with Gasteiger partial charge in [-0.05, 0) is 42.5 Å². The molecular weight excluding hydrogens is 504 g/mol. The van der Waals surface area contributed by atoms with Gasteiger partial charge in [-0.2, -0.15) is 0 Å². The summed E-state index contributed by atoms with van der Waals surface area (Å²) in [7, 11) is 1.72. The summed E-state index contributed by atoms with van der Waals surface area (Å²) in [5.74, 6) is -0.127. The second-order valence-electron chi connectivity index (χ2n) is 9.85. The van der Waals surface area contributed by atoms with Crippen LogP contribution in [0.3, 0.4) is 0 Å². The first kappa shape index (κ1) is 27.7. The van der Waals surface area contributed by atoms with E-state index in [-0.39, 0.29) is 43.2 Å². The number of carbonyl (C=O) groups excluding carboxylic acids is 2. The van der Waals surface area contributed by atoms with Crippen LogP contribution in [0.4, 0.5) is 10.5 Å². The molecule has 2 N–H and O–H groups in total. The number of aliphatic hydroxyl groups is 1. The number of aliphatic hydroxyl groups excluding tert-OH is 1. The van der Waals surface area contributed by atoms with Crippen LogP contribution in [0.25, 0.3) is 10.4 Å². The standard InChI is InChI=1S/C27H36N6O4S/c1-19-14-33(20(2)17-34)26(35)7-4-12-32-15-23(29-30-32)18-37-24(19)16-31(3)27(36)28-22-10-8-21(9-11-22)25-6-5-13-38-25/h5-6,8-11,13,15,19-20,24,34H,4,7,12,14,16-18H2,1-3H3,(H,28,36)/t19-,20+,24-/m1/s1. The number of fused-ring (bicyclic) bond motifs is 2. The summed E-state index contributed by atoms with van der Waals surface area (Å²) in [6.07, 6.45) is 2.44. The van der Waals surface area contributed by atoms with Crippen molar-refractivity contribution in [3.05, 3.63) is 53.7 Å². The van der Waals surface area contributed by atoms with E-state index in [1.165, 1.54) is 4.88 Å². The van der Waals surface area contributed by atoms with E-state index in [2.05, 4.69) is 21.7 Å². The van der Waals surface area contributed by atoms with E-state index in [0.29, 0.717) is 43.9 Å². The maximum Gasteiger partial charge on any atom is 0.321 e. The first-order valence-corrected chi connectivity index (χ1v) is 13.8. The molecule has 3 heterocycles. The molecule has 0 saturated heterocycles. The zero-order valence-corrected chi connectivity index (χ0v) is 22.9. The third-order valence-electron chi connectivity index (χ3n) is 6.79. The van der Waals surface area contributed by atoms with E-state index in [4.69, 9.17) is 4.74 Å². The lowest BCUT2D eigenvalue weighted by atomic mass is 10.0. The van der Waals surface area contributed by atoms with Crippen molar-refractivity contribution >= 4 is 29.0 Å². The van der Waals surface area contributed by atoms with Gasteiger partial charge < -0.3 is 25.0 Å². The van der Waals surface area contributed by atoms with Gasteiger partial charge in [0.05, 0.1) is 31.6 Å². The topological polar surface area (TPSA) is 113 Å². The Morgan fingerprint density at radius 3 is 2.82 bits per heavy atom. The quantitative estimate of drug-likeness (QED) is 0.493. The predicted octanol–water partition coefficient (Wildman–Crippen LogP) is 3.70. The van der Waals surface area contributed by atoms with Gasteiger partial charge in [0, 0.05) is 49.6 Å². The first-order chi connectivity index (χ1) is 18.3. The van der Waals surface area contributed by atoms with Gasteiger partial charge in [-0.15, -0.1) is 16.4 Å². The average molecular weight is 541 g/mol. The molecular formula is C27H36N6O4S. The second-order valence-corrected chi connectivity index (χ2v) is 10.8. The molecule has 11 heteroatoms. The van der Waals surface area contributed by atoms with Crippen molar-refractivity contribution in [1.82, 2.24) is 24.8 Å². The number of rotatable bonds is 6. The van der Waals surface area contributed by atoms with Gasteiger partial charge >= 0.3 is 6.03 Å². The maximum absolute atomic E-state index is 13.0. The van der Waals surface area contributed by atoms with E-state index in [9.17, 15) is 14.7 Å². The van der Waals surface area contributed by atoms with E-state index in [1.807, 2.05) is 55.8 Å². The highest BCUT2D eigenvalue weighted by Crippen LogP contribution is 2.26. The average Bonchev–Trinajstić information content (AvgIpc) is 3.61. The molecule has 0 radical (unpaired) electrons. The first-order valence-electron chi connectivity index (χ1n) is 12.9. The number of nitrogens with one attached hydrogen (secondary N) is 1. The molecule has 0 fully saturated rings. The minimum Gasteiger partial charge on any atom is -0.394 e. The summed E-state index contributed by atoms with van der Waals surface area (Å²) in [6.45, 7) is 5.27. The smallest absolute Gasteiger partial charge is 0.321 e. The molecule has 1 aromatic carbocycles. The highest BCUT2D eigenvalue weighted by molar-refractivity contribution is 7.13. The van der Waals surface area contributed by atoms with Crippen LogP contribution < -0.4 is 5.32 Å². The Morgan fingerprint density at radius 1 is 1.32 bits per heavy atom. The summed E-state index contributed by atoms with van der Waals surface area (Å²) in [6, 6.07) is 11.3. The van der Waals surface area contributed by atoms with Gasteiger partial charge in [0.25, 0.3) is 0 Å². The van der Waals surface area contributed by atoms with E-state index < -0.39 is 0 Å². The lowest BCUT2D eigenvalue weighted by Crippen LogP contribution is -2.48. The number of carbonyl (C=O) groups is 2. The van der Waals surface area contributed by atoms with Crippen molar-refractivity contribution < 1.29 is 19.4 Å². The number of thiophene rings is 1. The minimum atomic E-state index is -0.376. The number of anilines is 1. The van der Waals surface area contributed by atoms with E-state index >= 15 is 0 Å². The lowest BCUT2D eigenvalue weighted by Gasteiger charge is -2.35. The van der Waals surface area contributed by atoms with Crippen molar-refractivity contribution in [2.75, 3.05) is 32.1 Å². The molecule has 0 unspecified atom stereocenters. The molecule has 3 amide bonds. The molecule has 4 rings (SSSR count). The molecule has 38 heavy (non-hydrogen) atoms. The second kappa shape index (κ2) is 13.0. The molecule has 10 nitrogen and oxygen atoms in total. The van der Waals surface area contributed by atoms with Gasteiger partial charge in [-0.1, -0.05) is 30.3 Å². The SMILES string of the molecule is C[C@@H]1CN([C@@H](C)CO)C(=O)CCCn2cc(nn2)CO[C@@H]1CN(C)C(=O)Nc1ccc(-c2cccs2)cc1. The Hall–Kier alpha value is -3.28. The Balaban J connectivity index is 1.44. The van der Waals surface area contributed by atoms with Crippen molar-refractivity contribution in [2.24, 2.45) is 5.92 Å². The van der Waals surface area contributed by atoms with Crippen LogP contribution >= 0.6 is 11.3 Å². The maximum atomic E-state index is 13.0. The number of urea groups is 1. The van der Waals surface area contributed by atoms with Crippen LogP contribution in [0.1, 0.15) is 32.4 Å². The summed E-state index contributed by atoms with van der Waals surface area (Å²) in [4.78, 5) is 30.5. The van der Waals surface area contributed by atoms with Crippen LogP contribution in [0.5, 0.6) is 0 Å². The number of amides is 3. The van der Waals surface area contributed by atoms with Crippen molar-refractivity contribution in [3.63, 3.8) is 0 Å². The molecule has 3 aromatic rings. The fraction of sp³-hybridized carbons (Fsp3) is 0.481. The van der Waals surface area contributed by atoms with Crippen LogP contribution in [-0.2, 0) is 22.7 Å². The third-order valence-corrected chi connectivity index (χ3v) is 7.71. The zero-order valence-electron chi connectivity index (χ0n) is 22.1. The van der Waals surface area contributed by atoms with Crippen LogP contribution in [0, 0.1) is 5.92 Å². The largest absolute Gasteiger partial charge is 0.394 e. The molecule has 3 atom stereocenters. The van der Waals surface area contributed by atoms with Gasteiger partial charge in [0.1, 0.15) is 5.69 Å². The molecule has 1 aliphatic heterocycles. The van der Waals surface area contributed by atoms with Gasteiger partial charge in [-0.3, -0.25) is 9.48 Å². The number of benzene rings is 1. The fourth-order valence-corrected chi connectivity index (χ4v) is 5.16. The summed E-state index contributed by atoms with van der Waals surface area (Å²) >= 11 is 1.67. The van der Waals surface area contributed by atoms with E-state index in [0.717, 1.165) is 5.56 Å². The molecule has 0 saturated carbocycles. The molecule has 0 spiro atoms. The van der Waals surface area contributed by atoms with E-state index in [1.54, 1.807) is 32.9 Å². The van der Waals surface area contributed by atoms with Crippen LogP contribution in [0.2, 0.25) is 0 Å². The number of likely N-dealkylation sites (N-methyl/N-ethyl adjacent to an activating group) is 1. The number of hydrogen-bond acceptors (Lipinski definition) is 7. The Morgan fingerprint density at radius 2 is 2.11 bits per heavy atom. The minimum absolute atomic E-state index is 0.0196. The monoisotopic (exact) mass is 540 g/mol. The van der Waals surface area contributed by atoms with Crippen molar-refractivity contribution in [1.29, 1.82) is 0 Å². The summed E-state index contributed by atoms with van der Waals surface area (Å²) < 4.78 is 7.97. The number of ether oxygens (including phenoxy) is 1. The molecule has 204 valence electrons. The van der Waals surface area contributed by atoms with Gasteiger partial charge in [0.15, 0.2) is 0 Å². The summed E-state index contributed by atoms with van der Waals surface area (Å²) in [5, 5.41) is 23.1. The Bertz CT molecular complexity index is 1180. The van der Waals surface area contributed by atoms with Gasteiger partial charge in [0.2, 0.25) is 5.91 Å². The highest BCUT2D eigenvalue weighted by Gasteiger charge is 2.29. The van der Waals surface area contributed by atoms with Crippen molar-refractivity contribution in [3.8, 4) is 10.4 Å². The zero-order chi connectivity index (χ0) is 27.1.